The summed E-state index contributed by atoms with van der Waals surface area (Å²) in [7, 11) is 0. The maximum absolute atomic E-state index is 12.5. The third-order valence-corrected chi connectivity index (χ3v) is 6.76. The van der Waals surface area contributed by atoms with Crippen LogP contribution < -0.4 is 16.0 Å². The lowest BCUT2D eigenvalue weighted by atomic mass is 9.78. The molecule has 1 atom stereocenters. The number of thiophene rings is 1. The van der Waals surface area contributed by atoms with E-state index in [1.807, 2.05) is 6.07 Å². The average Bonchev–Trinajstić information content (AvgIpc) is 3.37. The molecule has 0 bridgehead atoms. The Morgan fingerprint density at radius 1 is 1.19 bits per heavy atom. The molecule has 27 heavy (non-hydrogen) atoms. The lowest BCUT2D eigenvalue weighted by Crippen LogP contribution is -2.40. The average molecular weight is 385 g/mol. The third-order valence-electron chi connectivity index (χ3n) is 5.71. The van der Waals surface area contributed by atoms with Crippen LogP contribution in [0.4, 0.5) is 16.6 Å². The highest BCUT2D eigenvalue weighted by atomic mass is 32.1. The Balaban J connectivity index is 1.35. The Hall–Kier alpha value is -2.19. The topological polar surface area (TPSA) is 88.2 Å². The molecule has 3 N–H and O–H groups in total. The first-order valence-electron chi connectivity index (χ1n) is 9.62. The van der Waals surface area contributed by atoms with Crippen LogP contribution in [-0.2, 0) is 10.3 Å². The predicted molar refractivity (Wildman–Crippen MR) is 105 cm³/mol. The molecule has 2 fully saturated rings. The maximum Gasteiger partial charge on any atom is 0.262 e. The van der Waals surface area contributed by atoms with Crippen LogP contribution in [0.5, 0.6) is 0 Å². The van der Waals surface area contributed by atoms with Gasteiger partial charge in [-0.2, -0.15) is 0 Å². The second-order valence-corrected chi connectivity index (χ2v) is 8.62. The van der Waals surface area contributed by atoms with Gasteiger partial charge in [-0.25, -0.2) is 9.97 Å². The van der Waals surface area contributed by atoms with Crippen molar-refractivity contribution in [2.24, 2.45) is 0 Å². The summed E-state index contributed by atoms with van der Waals surface area (Å²) >= 11 is 1.51. The number of amides is 1. The van der Waals surface area contributed by atoms with Gasteiger partial charge in [0.25, 0.3) is 5.91 Å². The van der Waals surface area contributed by atoms with Crippen molar-refractivity contribution in [3.05, 3.63) is 28.9 Å². The highest BCUT2D eigenvalue weighted by Gasteiger charge is 2.44. The van der Waals surface area contributed by atoms with Gasteiger partial charge in [0.15, 0.2) is 0 Å². The van der Waals surface area contributed by atoms with Gasteiger partial charge >= 0.3 is 0 Å². The Labute approximate surface area is 161 Å². The highest BCUT2D eigenvalue weighted by Crippen LogP contribution is 2.47. The molecule has 2 aromatic heterocycles. The predicted octanol–water partition coefficient (Wildman–Crippen LogP) is 3.39. The fourth-order valence-electron chi connectivity index (χ4n) is 4.36. The van der Waals surface area contributed by atoms with Gasteiger partial charge in [-0.05, 0) is 25.3 Å². The zero-order valence-corrected chi connectivity index (χ0v) is 15.9. The quantitative estimate of drug-likeness (QED) is 0.748. The maximum atomic E-state index is 12.5. The van der Waals surface area contributed by atoms with Crippen LogP contribution in [0.3, 0.4) is 0 Å². The molecule has 1 saturated carbocycles. The Morgan fingerprint density at radius 2 is 2.04 bits per heavy atom. The van der Waals surface area contributed by atoms with Gasteiger partial charge in [-0.1, -0.05) is 19.3 Å². The Kier molecular flexibility index (Phi) is 4.24. The molecular weight excluding hydrogens is 362 g/mol. The molecule has 0 aromatic carbocycles. The fraction of sp³-hybridized carbons (Fsp3) is 0.526. The molecule has 4 heterocycles. The number of anilines is 3. The number of nitrogens with one attached hydrogen (secondary N) is 3. The summed E-state index contributed by atoms with van der Waals surface area (Å²) < 4.78 is 5.40. The van der Waals surface area contributed by atoms with Crippen molar-refractivity contribution in [1.29, 1.82) is 0 Å². The summed E-state index contributed by atoms with van der Waals surface area (Å²) in [6.45, 7) is 1.50. The normalized spacial score (nSPS) is 23.3. The van der Waals surface area contributed by atoms with E-state index >= 15 is 0 Å². The minimum atomic E-state index is -0.151. The van der Waals surface area contributed by atoms with Gasteiger partial charge in [0.05, 0.1) is 28.1 Å². The number of hydrogen-bond acceptors (Lipinski definition) is 7. The van der Waals surface area contributed by atoms with Gasteiger partial charge in [0.2, 0.25) is 0 Å². The molecular formula is C19H23N5O2S. The molecule has 7 nitrogen and oxygen atoms in total. The van der Waals surface area contributed by atoms with Gasteiger partial charge in [-0.15, -0.1) is 11.3 Å². The molecule has 1 amide bonds. The van der Waals surface area contributed by atoms with E-state index in [1.54, 1.807) is 6.33 Å². The van der Waals surface area contributed by atoms with Crippen LogP contribution in [-0.4, -0.2) is 35.1 Å². The number of ether oxygens (including phenoxy) is 1. The Morgan fingerprint density at radius 3 is 2.85 bits per heavy atom. The number of carbonyl (C=O) groups is 1. The minimum absolute atomic E-state index is 0.0660. The van der Waals surface area contributed by atoms with E-state index in [1.165, 1.54) is 30.6 Å². The van der Waals surface area contributed by atoms with Crippen LogP contribution in [0.15, 0.2) is 18.5 Å². The highest BCUT2D eigenvalue weighted by molar-refractivity contribution is 7.18. The first-order chi connectivity index (χ1) is 13.2. The van der Waals surface area contributed by atoms with Crippen molar-refractivity contribution in [1.82, 2.24) is 15.3 Å². The van der Waals surface area contributed by atoms with Crippen LogP contribution in [0, 0.1) is 0 Å². The summed E-state index contributed by atoms with van der Waals surface area (Å²) in [4.78, 5) is 21.9. The lowest BCUT2D eigenvalue weighted by molar-refractivity contribution is 0.0912. The molecule has 5 rings (SSSR count). The molecule has 1 spiro atoms. The van der Waals surface area contributed by atoms with Gasteiger partial charge < -0.3 is 20.7 Å². The lowest BCUT2D eigenvalue weighted by Gasteiger charge is -2.33. The first-order valence-corrected chi connectivity index (χ1v) is 10.4. The largest absolute Gasteiger partial charge is 0.379 e. The molecule has 2 aromatic rings. The monoisotopic (exact) mass is 385 g/mol. The van der Waals surface area contributed by atoms with E-state index in [4.69, 9.17) is 4.74 Å². The zero-order valence-electron chi connectivity index (χ0n) is 15.1. The van der Waals surface area contributed by atoms with Gasteiger partial charge in [0.1, 0.15) is 18.0 Å². The van der Waals surface area contributed by atoms with Gasteiger partial charge in [0, 0.05) is 18.2 Å². The van der Waals surface area contributed by atoms with Crippen LogP contribution in [0.1, 0.15) is 53.8 Å². The smallest absolute Gasteiger partial charge is 0.262 e. The summed E-state index contributed by atoms with van der Waals surface area (Å²) in [5.41, 5.74) is 1.01. The molecule has 8 heteroatoms. The second-order valence-electron chi connectivity index (χ2n) is 7.57. The summed E-state index contributed by atoms with van der Waals surface area (Å²) in [5, 5.41) is 10.9. The van der Waals surface area contributed by atoms with Crippen LogP contribution >= 0.6 is 11.3 Å². The molecule has 0 radical (unpaired) electrons. The number of rotatable bonds is 4. The number of aromatic nitrogens is 2. The number of nitrogens with zero attached hydrogens (tertiary/aromatic N) is 2. The molecule has 2 aliphatic heterocycles. The third kappa shape index (κ3) is 3.17. The molecule has 3 aliphatic rings. The summed E-state index contributed by atoms with van der Waals surface area (Å²) in [5.74, 6) is 1.58. The minimum Gasteiger partial charge on any atom is -0.379 e. The van der Waals surface area contributed by atoms with E-state index in [2.05, 4.69) is 32.0 Å². The van der Waals surface area contributed by atoms with E-state index < -0.39 is 0 Å². The standard InChI is InChI=1S/C19H23N5O2S/c25-18-17-13(19(24-18)5-2-1-3-6-19)8-16(27-17)23-15-9-14(20-11-21-15)22-12-4-7-26-10-12/h8-9,11-12H,1-7,10H2,(H,24,25)(H2,20,21,22,23). The number of carbonyl (C=O) groups excluding carboxylic acids is 1. The Bertz CT molecular complexity index is 856. The van der Waals surface area contributed by atoms with Crippen molar-refractivity contribution in [3.63, 3.8) is 0 Å². The van der Waals surface area contributed by atoms with Crippen molar-refractivity contribution in [2.75, 3.05) is 23.8 Å². The molecule has 1 unspecified atom stereocenters. The van der Waals surface area contributed by atoms with Crippen molar-refractivity contribution in [3.8, 4) is 0 Å². The molecule has 142 valence electrons. The fourth-order valence-corrected chi connectivity index (χ4v) is 5.42. The second kappa shape index (κ2) is 6.76. The SMILES string of the molecule is O=C1NC2(CCCCC2)c2cc(Nc3cc(NC4CCOC4)ncn3)sc21. The van der Waals surface area contributed by atoms with Crippen molar-refractivity contribution in [2.45, 2.75) is 50.1 Å². The van der Waals surface area contributed by atoms with Crippen LogP contribution in [0.2, 0.25) is 0 Å². The van der Waals surface area contributed by atoms with Crippen LogP contribution in [0.25, 0.3) is 0 Å². The van der Waals surface area contributed by atoms with Crippen molar-refractivity contribution < 1.29 is 9.53 Å². The van der Waals surface area contributed by atoms with Crippen molar-refractivity contribution >= 4 is 33.9 Å². The zero-order chi connectivity index (χ0) is 18.3. The van der Waals surface area contributed by atoms with E-state index in [-0.39, 0.29) is 11.4 Å². The van der Waals surface area contributed by atoms with Gasteiger partial charge in [-0.3, -0.25) is 4.79 Å². The van der Waals surface area contributed by atoms with E-state index in [0.29, 0.717) is 12.6 Å². The first kappa shape index (κ1) is 16.9. The van der Waals surface area contributed by atoms with E-state index in [9.17, 15) is 4.79 Å². The summed E-state index contributed by atoms with van der Waals surface area (Å²) in [6.07, 6.45) is 8.21. The molecule has 1 saturated heterocycles. The summed E-state index contributed by atoms with van der Waals surface area (Å²) in [6, 6.07) is 4.33. The number of fused-ring (bicyclic) bond motifs is 2. The van der Waals surface area contributed by atoms with E-state index in [0.717, 1.165) is 52.9 Å². The molecule has 1 aliphatic carbocycles. The number of hydrogen-bond donors (Lipinski definition) is 3.